The first-order valence-electron chi connectivity index (χ1n) is 8.84. The van der Waals surface area contributed by atoms with Crippen LogP contribution >= 0.6 is 0 Å². The highest BCUT2D eigenvalue weighted by Gasteiger charge is 2.29. The fraction of sp³-hybridized carbons (Fsp3) is 0.353. The number of hydrogen-bond donors (Lipinski definition) is 1. The van der Waals surface area contributed by atoms with Crippen LogP contribution in [0.1, 0.15) is 0 Å². The molecule has 0 amide bonds. The van der Waals surface area contributed by atoms with E-state index in [4.69, 9.17) is 4.74 Å². The maximum absolute atomic E-state index is 12.6. The van der Waals surface area contributed by atoms with Crippen LogP contribution in [0.15, 0.2) is 52.4 Å². The average molecular weight is 481 g/mol. The summed E-state index contributed by atoms with van der Waals surface area (Å²) in [6.45, 7) is -0.544. The van der Waals surface area contributed by atoms with E-state index in [1.807, 2.05) is 0 Å². The second kappa shape index (κ2) is 8.98. The highest BCUT2D eigenvalue weighted by atomic mass is 32.2. The van der Waals surface area contributed by atoms with Crippen molar-refractivity contribution >= 4 is 25.7 Å². The van der Waals surface area contributed by atoms with Crippen LogP contribution in [0.3, 0.4) is 0 Å². The summed E-state index contributed by atoms with van der Waals surface area (Å²) in [6, 6.07) is 6.93. The third-order valence-electron chi connectivity index (χ3n) is 4.11. The summed E-state index contributed by atoms with van der Waals surface area (Å²) in [5.74, 6) is -0.321. The van der Waals surface area contributed by atoms with Crippen LogP contribution in [0.25, 0.3) is 0 Å². The van der Waals surface area contributed by atoms with Gasteiger partial charge in [0.15, 0.2) is 6.61 Å². The first kappa shape index (κ1) is 23.2. The first-order valence-corrected chi connectivity index (χ1v) is 11.8. The molecule has 2 aromatic rings. The molecule has 31 heavy (non-hydrogen) atoms. The predicted molar refractivity (Wildman–Crippen MR) is 103 cm³/mol. The van der Waals surface area contributed by atoms with Crippen LogP contribution in [0.5, 0.6) is 5.88 Å². The van der Waals surface area contributed by atoms with Crippen molar-refractivity contribution in [1.82, 2.24) is 9.29 Å². The van der Waals surface area contributed by atoms with Crippen molar-refractivity contribution in [3.63, 3.8) is 0 Å². The Morgan fingerprint density at radius 1 is 1.00 bits per heavy atom. The van der Waals surface area contributed by atoms with Gasteiger partial charge in [-0.1, -0.05) is 0 Å². The molecule has 0 bridgehead atoms. The largest absolute Gasteiger partial charge is 0.468 e. The van der Waals surface area contributed by atoms with Crippen molar-refractivity contribution in [2.24, 2.45) is 0 Å². The third-order valence-corrected chi connectivity index (χ3v) is 7.42. The van der Waals surface area contributed by atoms with Gasteiger partial charge in [0, 0.05) is 19.2 Å². The van der Waals surface area contributed by atoms with E-state index in [0.29, 0.717) is 0 Å². The van der Waals surface area contributed by atoms with Crippen molar-refractivity contribution in [3.05, 3.63) is 42.6 Å². The van der Waals surface area contributed by atoms with Crippen molar-refractivity contribution < 1.29 is 39.5 Å². The molecule has 9 nitrogen and oxygen atoms in total. The normalized spacial score (nSPS) is 16.1. The van der Waals surface area contributed by atoms with Crippen LogP contribution in [0, 0.1) is 0 Å². The number of sulfonamides is 2. The van der Waals surface area contributed by atoms with E-state index >= 15 is 0 Å². The molecule has 0 aliphatic carbocycles. The lowest BCUT2D eigenvalue weighted by molar-refractivity contribution is -0.154. The molecular weight excluding hydrogens is 463 g/mol. The number of halogens is 3. The zero-order chi connectivity index (χ0) is 22.7. The van der Waals surface area contributed by atoms with Crippen molar-refractivity contribution in [1.29, 1.82) is 0 Å². The van der Waals surface area contributed by atoms with Gasteiger partial charge in [-0.2, -0.15) is 17.5 Å². The number of nitrogens with zero attached hydrogens (tertiary/aromatic N) is 2. The van der Waals surface area contributed by atoms with Gasteiger partial charge >= 0.3 is 6.18 Å². The Balaban J connectivity index is 1.69. The monoisotopic (exact) mass is 481 g/mol. The van der Waals surface area contributed by atoms with Crippen LogP contribution in [-0.2, 0) is 24.8 Å². The molecule has 170 valence electrons. The van der Waals surface area contributed by atoms with Gasteiger partial charge in [0.05, 0.1) is 34.9 Å². The molecule has 0 saturated carbocycles. The van der Waals surface area contributed by atoms with Crippen LogP contribution < -0.4 is 9.46 Å². The molecule has 1 aliphatic rings. The van der Waals surface area contributed by atoms with Gasteiger partial charge in [0.1, 0.15) is 0 Å². The van der Waals surface area contributed by atoms with Gasteiger partial charge in [-0.15, -0.1) is 0 Å². The standard InChI is InChI=1S/C17H18F3N3O6S2/c18-17(19,20)12-29-16-6-1-13(11-21-16)22-30(24,25)14-2-4-15(5-3-14)31(26,27)23-7-9-28-10-8-23/h1-6,11,22H,7-10,12H2. The van der Waals surface area contributed by atoms with Crippen molar-refractivity contribution in [3.8, 4) is 5.88 Å². The van der Waals surface area contributed by atoms with E-state index in [1.165, 1.54) is 22.5 Å². The van der Waals surface area contributed by atoms with Gasteiger partial charge in [-0.05, 0) is 30.3 Å². The number of nitrogens with one attached hydrogen (secondary N) is 1. The Labute approximate surface area is 176 Å². The maximum Gasteiger partial charge on any atom is 0.422 e. The van der Waals surface area contributed by atoms with Gasteiger partial charge < -0.3 is 9.47 Å². The Bertz CT molecular complexity index is 1100. The zero-order valence-electron chi connectivity index (χ0n) is 15.9. The number of rotatable bonds is 7. The summed E-state index contributed by atoms with van der Waals surface area (Å²) >= 11 is 0. The molecule has 1 aliphatic heterocycles. The van der Waals surface area contributed by atoms with Crippen LogP contribution in [0.2, 0.25) is 0 Å². The van der Waals surface area contributed by atoms with Crippen LogP contribution in [-0.4, -0.2) is 65.2 Å². The molecule has 1 aromatic carbocycles. The highest BCUT2D eigenvalue weighted by molar-refractivity contribution is 7.92. The van der Waals surface area contributed by atoms with Gasteiger partial charge in [-0.3, -0.25) is 4.72 Å². The number of ether oxygens (including phenoxy) is 2. The van der Waals surface area contributed by atoms with Crippen molar-refractivity contribution in [2.75, 3.05) is 37.6 Å². The summed E-state index contributed by atoms with van der Waals surface area (Å²) in [6.07, 6.45) is -3.52. The minimum absolute atomic E-state index is 0.00984. The number of morpholine rings is 1. The lowest BCUT2D eigenvalue weighted by Crippen LogP contribution is -2.40. The van der Waals surface area contributed by atoms with E-state index in [-0.39, 0.29) is 47.7 Å². The van der Waals surface area contributed by atoms with E-state index in [1.54, 1.807) is 0 Å². The van der Waals surface area contributed by atoms with Gasteiger partial charge in [0.2, 0.25) is 15.9 Å². The first-order chi connectivity index (χ1) is 14.5. The molecular formula is C17H18F3N3O6S2. The zero-order valence-corrected chi connectivity index (χ0v) is 17.5. The SMILES string of the molecule is O=S(=O)(Nc1ccc(OCC(F)(F)F)nc1)c1ccc(S(=O)(=O)N2CCOCC2)cc1. The predicted octanol–water partition coefficient (Wildman–Crippen LogP) is 1.84. The average Bonchev–Trinajstić information content (AvgIpc) is 2.73. The molecule has 0 spiro atoms. The smallest absolute Gasteiger partial charge is 0.422 e. The molecule has 1 saturated heterocycles. The number of alkyl halides is 3. The van der Waals surface area contributed by atoms with E-state index in [9.17, 15) is 30.0 Å². The summed E-state index contributed by atoms with van der Waals surface area (Å²) in [5, 5.41) is 0. The molecule has 14 heteroatoms. The lowest BCUT2D eigenvalue weighted by Gasteiger charge is -2.26. The maximum atomic E-state index is 12.6. The minimum Gasteiger partial charge on any atom is -0.468 e. The fourth-order valence-electron chi connectivity index (χ4n) is 2.62. The molecule has 0 atom stereocenters. The molecule has 1 aromatic heterocycles. The molecule has 0 radical (unpaired) electrons. The Hall–Kier alpha value is -2.42. The van der Waals surface area contributed by atoms with E-state index in [0.717, 1.165) is 24.4 Å². The Kier molecular flexibility index (Phi) is 6.73. The number of aromatic nitrogens is 1. The highest BCUT2D eigenvalue weighted by Crippen LogP contribution is 2.22. The number of benzene rings is 1. The molecule has 1 fully saturated rings. The van der Waals surface area contributed by atoms with E-state index < -0.39 is 32.8 Å². The molecule has 2 heterocycles. The Morgan fingerprint density at radius 2 is 1.61 bits per heavy atom. The summed E-state index contributed by atoms with van der Waals surface area (Å²) in [5.41, 5.74) is -0.00984. The number of anilines is 1. The topological polar surface area (TPSA) is 115 Å². The second-order valence-corrected chi connectivity index (χ2v) is 10.0. The van der Waals surface area contributed by atoms with E-state index in [2.05, 4.69) is 14.4 Å². The fourth-order valence-corrected chi connectivity index (χ4v) is 5.07. The number of pyridine rings is 1. The Morgan fingerprint density at radius 3 is 2.16 bits per heavy atom. The lowest BCUT2D eigenvalue weighted by atomic mass is 10.4. The summed E-state index contributed by atoms with van der Waals surface area (Å²) in [4.78, 5) is 3.36. The quantitative estimate of drug-likeness (QED) is 0.642. The molecule has 3 rings (SSSR count). The summed E-state index contributed by atoms with van der Waals surface area (Å²) < 4.78 is 99.7. The third kappa shape index (κ3) is 6.06. The minimum atomic E-state index is -4.52. The second-order valence-electron chi connectivity index (χ2n) is 6.38. The van der Waals surface area contributed by atoms with Gasteiger partial charge in [-0.25, -0.2) is 21.8 Å². The summed E-state index contributed by atoms with van der Waals surface area (Å²) in [7, 11) is -7.86. The van der Waals surface area contributed by atoms with Crippen LogP contribution in [0.4, 0.5) is 18.9 Å². The molecule has 0 unspecified atom stereocenters. The van der Waals surface area contributed by atoms with Gasteiger partial charge in [0.25, 0.3) is 10.0 Å². The number of hydrogen-bond acceptors (Lipinski definition) is 7. The molecule has 1 N–H and O–H groups in total. The van der Waals surface area contributed by atoms with Crippen molar-refractivity contribution in [2.45, 2.75) is 16.0 Å².